The minimum atomic E-state index is 0.0165. The first-order valence-corrected chi connectivity index (χ1v) is 13.4. The molecule has 0 radical (unpaired) electrons. The van der Waals surface area contributed by atoms with Crippen molar-refractivity contribution in [3.63, 3.8) is 0 Å². The first-order valence-electron chi connectivity index (χ1n) is 13.4. The summed E-state index contributed by atoms with van der Waals surface area (Å²) in [5.41, 5.74) is 3.69. The van der Waals surface area contributed by atoms with E-state index < -0.39 is 0 Å². The maximum absolute atomic E-state index is 14.2. The van der Waals surface area contributed by atoms with Crippen molar-refractivity contribution in [1.82, 2.24) is 13.9 Å². The van der Waals surface area contributed by atoms with E-state index in [4.69, 9.17) is 0 Å². The van der Waals surface area contributed by atoms with Crippen molar-refractivity contribution in [3.8, 4) is 0 Å². The van der Waals surface area contributed by atoms with Crippen molar-refractivity contribution in [3.05, 3.63) is 56.4 Å². The molecule has 0 unspecified atom stereocenters. The molecule has 11 atom stereocenters. The van der Waals surface area contributed by atoms with Crippen molar-refractivity contribution >= 4 is 0 Å². The number of hydrogen-bond acceptors (Lipinski definition) is 2. The fourth-order valence-electron chi connectivity index (χ4n) is 12.8. The van der Waals surface area contributed by atoms with Gasteiger partial charge >= 0.3 is 11.4 Å². The van der Waals surface area contributed by atoms with Crippen molar-refractivity contribution in [1.29, 1.82) is 0 Å². The smallest absolute Gasteiger partial charge is 0.246 e. The minimum absolute atomic E-state index is 0.0165. The zero-order chi connectivity index (χ0) is 22.0. The second kappa shape index (κ2) is 4.35. The summed E-state index contributed by atoms with van der Waals surface area (Å²) in [6.07, 6.45) is 5.71. The van der Waals surface area contributed by atoms with Crippen LogP contribution < -0.4 is 11.4 Å². The summed E-state index contributed by atoms with van der Waals surface area (Å²) in [7, 11) is 0. The predicted octanol–water partition coefficient (Wildman–Crippen LogP) is 3.68. The Morgan fingerprint density at radius 3 is 2.36 bits per heavy atom. The fourth-order valence-corrected chi connectivity index (χ4v) is 12.8. The molecule has 0 saturated heterocycles. The molecule has 5 heteroatoms. The summed E-state index contributed by atoms with van der Waals surface area (Å²) in [5, 5.41) is 0. The van der Waals surface area contributed by atoms with Crippen LogP contribution in [0.5, 0.6) is 0 Å². The number of aromatic nitrogens is 3. The summed E-state index contributed by atoms with van der Waals surface area (Å²) in [4.78, 5) is 28.4. The average molecular weight is 442 g/mol. The van der Waals surface area contributed by atoms with E-state index in [9.17, 15) is 9.59 Å². The van der Waals surface area contributed by atoms with Crippen LogP contribution >= 0.6 is 0 Å². The molecule has 0 amide bonds. The molecule has 5 nitrogen and oxygen atoms in total. The van der Waals surface area contributed by atoms with Crippen LogP contribution in [0.25, 0.3) is 0 Å². The van der Waals surface area contributed by atoms with Gasteiger partial charge in [-0.1, -0.05) is 45.0 Å². The lowest BCUT2D eigenvalue weighted by molar-refractivity contribution is -0.522. The normalized spacial score (nSPS) is 55.4. The number of nitrogens with zero attached hydrogens (tertiary/aromatic N) is 3. The summed E-state index contributed by atoms with van der Waals surface area (Å²) in [6, 6.07) is 9.60. The molecule has 6 fully saturated rings. The molecule has 33 heavy (non-hydrogen) atoms. The Labute approximate surface area is 192 Å². The van der Waals surface area contributed by atoms with Gasteiger partial charge in [0, 0.05) is 16.9 Å². The lowest BCUT2D eigenvalue weighted by atomic mass is 9.04. The SMILES string of the molecule is CC1(C)[C@@H]2CC[C@@]1(C)[C@H](n1c(=O)n3n(c1=O)[C@@H]1[C@@H]4[C@H]5[C@H]6[C@@H]4[C@@]14c1ccccc1CC[C@]64[C@@H]53)C2. The van der Waals surface area contributed by atoms with E-state index in [1.807, 2.05) is 9.36 Å². The molecular weight excluding hydrogens is 410 g/mol. The van der Waals surface area contributed by atoms with E-state index in [0.29, 0.717) is 17.8 Å². The Morgan fingerprint density at radius 2 is 1.64 bits per heavy atom. The van der Waals surface area contributed by atoms with Gasteiger partial charge in [-0.15, -0.1) is 0 Å². The highest BCUT2D eigenvalue weighted by molar-refractivity contribution is 5.61. The van der Waals surface area contributed by atoms with Crippen LogP contribution in [-0.4, -0.2) is 13.9 Å². The third-order valence-electron chi connectivity index (χ3n) is 14.2. The van der Waals surface area contributed by atoms with E-state index in [1.54, 1.807) is 4.57 Å². The van der Waals surface area contributed by atoms with Gasteiger partial charge in [-0.05, 0) is 83.7 Å². The average Bonchev–Trinajstić information content (AvgIpc) is 3.24. The van der Waals surface area contributed by atoms with Crippen LogP contribution in [0.1, 0.15) is 75.7 Å². The second-order valence-electron chi connectivity index (χ2n) is 13.9. The molecule has 0 N–H and O–H groups in total. The molecule has 7 aliphatic carbocycles. The van der Waals surface area contributed by atoms with Crippen molar-refractivity contribution in [2.75, 3.05) is 0 Å². The van der Waals surface area contributed by atoms with Crippen LogP contribution in [-0.2, 0) is 11.8 Å². The first kappa shape index (κ1) is 17.4. The molecule has 1 aromatic carbocycles. The van der Waals surface area contributed by atoms with Gasteiger partial charge in [0.25, 0.3) is 0 Å². The molecule has 1 aromatic heterocycles. The van der Waals surface area contributed by atoms with Gasteiger partial charge < -0.3 is 0 Å². The zero-order valence-electron chi connectivity index (χ0n) is 19.6. The Bertz CT molecular complexity index is 1480. The highest BCUT2D eigenvalue weighted by atomic mass is 16.2. The van der Waals surface area contributed by atoms with E-state index >= 15 is 0 Å². The molecular formula is C28H31N3O2. The molecule has 11 rings (SSSR count). The van der Waals surface area contributed by atoms with Crippen LogP contribution in [0.3, 0.4) is 0 Å². The third-order valence-corrected chi connectivity index (χ3v) is 14.2. The number of hydrogen-bond donors (Lipinski definition) is 0. The summed E-state index contributed by atoms with van der Waals surface area (Å²) in [6.45, 7) is 7.12. The van der Waals surface area contributed by atoms with Gasteiger partial charge in [0.15, 0.2) is 0 Å². The molecule has 2 spiro atoms. The second-order valence-corrected chi connectivity index (χ2v) is 13.9. The number of aryl methyl sites for hydroxylation is 1. The van der Waals surface area contributed by atoms with Crippen molar-refractivity contribution < 1.29 is 0 Å². The molecule has 2 aliphatic heterocycles. The van der Waals surface area contributed by atoms with Gasteiger partial charge in [-0.25, -0.2) is 23.5 Å². The monoisotopic (exact) mass is 441 g/mol. The topological polar surface area (TPSA) is 48.9 Å². The first-order chi connectivity index (χ1) is 15.8. The predicted molar refractivity (Wildman–Crippen MR) is 122 cm³/mol. The third kappa shape index (κ3) is 1.18. The zero-order valence-corrected chi connectivity index (χ0v) is 19.6. The summed E-state index contributed by atoms with van der Waals surface area (Å²) in [5.74, 6) is 3.49. The quantitative estimate of drug-likeness (QED) is 0.678. The number of benzene rings is 1. The van der Waals surface area contributed by atoms with Crippen LogP contribution in [0.4, 0.5) is 0 Å². The maximum atomic E-state index is 14.2. The lowest BCUT2D eigenvalue weighted by Gasteiger charge is -3.02. The van der Waals surface area contributed by atoms with Crippen molar-refractivity contribution in [2.45, 2.75) is 76.4 Å². The Hall–Kier alpha value is -2.04. The van der Waals surface area contributed by atoms with Crippen LogP contribution in [0.15, 0.2) is 33.9 Å². The Balaban J connectivity index is 1.24. The van der Waals surface area contributed by atoms with E-state index in [-0.39, 0.29) is 51.2 Å². The van der Waals surface area contributed by atoms with E-state index in [1.165, 1.54) is 24.0 Å². The minimum Gasteiger partial charge on any atom is -0.246 e. The Morgan fingerprint density at radius 1 is 0.909 bits per heavy atom. The standard InChI is InChI=1S/C28H31N3O2/c1-25(2)14-9-10-26(25,3)16(12-14)29-23(32)30-21-17-18-20-19(17)27(21)11-8-13-6-4-5-7-15(13)28(20,27)22(18)31(30)24(29)33/h4-7,14,16-22H,8-12H2,1-3H3/t14-,16-,17+,18-,19+,20-,21-,22-,26+,27-,28+/m1/s1. The van der Waals surface area contributed by atoms with Gasteiger partial charge in [-0.2, -0.15) is 0 Å². The molecule has 2 aromatic rings. The fraction of sp³-hybridized carbons (Fsp3) is 0.714. The highest BCUT2D eigenvalue weighted by Crippen LogP contribution is 3.03. The van der Waals surface area contributed by atoms with Gasteiger partial charge in [-0.3, -0.25) is 0 Å². The van der Waals surface area contributed by atoms with E-state index in [0.717, 1.165) is 31.1 Å². The highest BCUT2D eigenvalue weighted by Gasteiger charge is 3.03. The molecule has 170 valence electrons. The van der Waals surface area contributed by atoms with Gasteiger partial charge in [0.2, 0.25) is 0 Å². The lowest BCUT2D eigenvalue weighted by Crippen LogP contribution is -3.02. The Kier molecular flexibility index (Phi) is 2.30. The van der Waals surface area contributed by atoms with Gasteiger partial charge in [0.05, 0.1) is 12.1 Å². The van der Waals surface area contributed by atoms with Crippen molar-refractivity contribution in [2.24, 2.45) is 45.8 Å². The molecule has 6 saturated carbocycles. The van der Waals surface area contributed by atoms with E-state index in [2.05, 4.69) is 45.0 Å². The molecule has 3 heterocycles. The van der Waals surface area contributed by atoms with Gasteiger partial charge in [0.1, 0.15) is 0 Å². The van der Waals surface area contributed by atoms with Crippen LogP contribution in [0.2, 0.25) is 0 Å². The number of rotatable bonds is 1. The molecule has 9 aliphatic rings. The molecule has 4 bridgehead atoms. The largest absolute Gasteiger partial charge is 0.347 e. The van der Waals surface area contributed by atoms with Crippen LogP contribution in [0, 0.1) is 45.8 Å². The summed E-state index contributed by atoms with van der Waals surface area (Å²) < 4.78 is 5.84. The number of fused-ring (bicyclic) bond motifs is 3. The maximum Gasteiger partial charge on any atom is 0.347 e. The summed E-state index contributed by atoms with van der Waals surface area (Å²) >= 11 is 0.